The molecule has 2 aromatic carbocycles. The summed E-state index contributed by atoms with van der Waals surface area (Å²) in [6.45, 7) is 0. The summed E-state index contributed by atoms with van der Waals surface area (Å²) in [5.74, 6) is -0.483. The molecule has 0 N–H and O–H groups in total. The average molecular weight is 411 g/mol. The van der Waals surface area contributed by atoms with Crippen LogP contribution in [0.2, 0.25) is 5.02 Å². The molecular weight excluding hydrogens is 404 g/mol. The second kappa shape index (κ2) is 5.73. The molecule has 0 bridgehead atoms. The molecule has 0 amide bonds. The molecule has 0 unspecified atom stereocenters. The lowest BCUT2D eigenvalue weighted by Gasteiger charge is -2.09. The van der Waals surface area contributed by atoms with E-state index >= 15 is 0 Å². The van der Waals surface area contributed by atoms with Crippen molar-refractivity contribution in [1.29, 1.82) is 0 Å². The highest BCUT2D eigenvalue weighted by Crippen LogP contribution is 2.30. The van der Waals surface area contributed by atoms with E-state index in [4.69, 9.17) is 11.6 Å². The predicted molar refractivity (Wildman–Crippen MR) is 79.0 cm³/mol. The fourth-order valence-corrected chi connectivity index (χ4v) is 2.42. The molecule has 0 aliphatic carbocycles. The zero-order valence-corrected chi connectivity index (χ0v) is 12.8. The Morgan fingerprint density at radius 3 is 2.45 bits per heavy atom. The van der Waals surface area contributed by atoms with E-state index in [0.29, 0.717) is 8.59 Å². The summed E-state index contributed by atoms with van der Waals surface area (Å²) in [7, 11) is 0. The van der Waals surface area contributed by atoms with Gasteiger partial charge in [-0.2, -0.15) is 13.2 Å². The van der Waals surface area contributed by atoms with Crippen molar-refractivity contribution in [3.8, 4) is 0 Å². The summed E-state index contributed by atoms with van der Waals surface area (Å²) in [6, 6.07) is 9.06. The van der Waals surface area contributed by atoms with Crippen molar-refractivity contribution >= 4 is 40.0 Å². The fourth-order valence-electron chi connectivity index (χ4n) is 1.66. The van der Waals surface area contributed by atoms with Gasteiger partial charge in [-0.25, -0.2) is 0 Å². The van der Waals surface area contributed by atoms with Gasteiger partial charge >= 0.3 is 6.18 Å². The van der Waals surface area contributed by atoms with Gasteiger partial charge in [0.05, 0.1) is 5.56 Å². The molecule has 0 fully saturated rings. The van der Waals surface area contributed by atoms with Crippen LogP contribution in [0.25, 0.3) is 0 Å². The van der Waals surface area contributed by atoms with Gasteiger partial charge in [-0.3, -0.25) is 4.79 Å². The highest BCUT2D eigenvalue weighted by Gasteiger charge is 2.31. The van der Waals surface area contributed by atoms with Crippen molar-refractivity contribution in [1.82, 2.24) is 0 Å². The molecule has 0 saturated heterocycles. The molecule has 2 aromatic rings. The molecule has 0 atom stereocenters. The number of hydrogen-bond acceptors (Lipinski definition) is 1. The summed E-state index contributed by atoms with van der Waals surface area (Å²) < 4.78 is 38.6. The third-order valence-corrected chi connectivity index (χ3v) is 3.80. The Kier molecular flexibility index (Phi) is 4.39. The van der Waals surface area contributed by atoms with Crippen LogP contribution >= 0.6 is 34.2 Å². The summed E-state index contributed by atoms with van der Waals surface area (Å²) in [4.78, 5) is 12.3. The van der Waals surface area contributed by atoms with Gasteiger partial charge in [0.15, 0.2) is 5.78 Å². The molecule has 0 saturated carbocycles. The molecule has 0 spiro atoms. The lowest BCUT2D eigenvalue weighted by molar-refractivity contribution is -0.137. The summed E-state index contributed by atoms with van der Waals surface area (Å²) in [5.41, 5.74) is -0.571. The van der Waals surface area contributed by atoms with Crippen molar-refractivity contribution in [2.24, 2.45) is 0 Å². The first-order valence-corrected chi connectivity index (χ1v) is 6.92. The number of ketones is 1. The Bertz CT molecular complexity index is 668. The lowest BCUT2D eigenvalue weighted by atomic mass is 10.0. The third kappa shape index (κ3) is 3.32. The van der Waals surface area contributed by atoms with Crippen LogP contribution in [-0.4, -0.2) is 5.78 Å². The summed E-state index contributed by atoms with van der Waals surface area (Å²) in [5, 5.41) is 0.362. The van der Waals surface area contributed by atoms with Crippen molar-refractivity contribution in [2.45, 2.75) is 6.18 Å². The van der Waals surface area contributed by atoms with Crippen molar-refractivity contribution in [2.75, 3.05) is 0 Å². The smallest absolute Gasteiger partial charge is 0.289 e. The minimum absolute atomic E-state index is 0.0139. The van der Waals surface area contributed by atoms with Crippen LogP contribution in [0.5, 0.6) is 0 Å². The van der Waals surface area contributed by atoms with E-state index in [-0.39, 0.29) is 11.1 Å². The second-order valence-electron chi connectivity index (χ2n) is 4.03. The van der Waals surface area contributed by atoms with Gasteiger partial charge < -0.3 is 0 Å². The molecule has 20 heavy (non-hydrogen) atoms. The number of carbonyl (C=O) groups is 1. The lowest BCUT2D eigenvalue weighted by Crippen LogP contribution is -2.09. The molecule has 104 valence electrons. The number of benzene rings is 2. The minimum Gasteiger partial charge on any atom is -0.289 e. The number of carbonyl (C=O) groups excluding carboxylic acids is 1. The number of alkyl halides is 3. The molecule has 0 heterocycles. The SMILES string of the molecule is O=C(c1cccc(C(F)(F)F)c1)c1cc(Cl)ccc1I. The van der Waals surface area contributed by atoms with E-state index in [2.05, 4.69) is 0 Å². The van der Waals surface area contributed by atoms with E-state index in [0.717, 1.165) is 12.1 Å². The van der Waals surface area contributed by atoms with Gasteiger partial charge in [0, 0.05) is 19.7 Å². The first-order chi connectivity index (χ1) is 9.29. The monoisotopic (exact) mass is 410 g/mol. The number of hydrogen-bond donors (Lipinski definition) is 0. The van der Waals surface area contributed by atoms with Crippen molar-refractivity contribution in [3.05, 3.63) is 67.7 Å². The third-order valence-electron chi connectivity index (χ3n) is 2.63. The molecule has 6 heteroatoms. The van der Waals surface area contributed by atoms with Crippen molar-refractivity contribution in [3.63, 3.8) is 0 Å². The van der Waals surface area contributed by atoms with E-state index in [1.807, 2.05) is 22.6 Å². The highest BCUT2D eigenvalue weighted by atomic mass is 127. The fraction of sp³-hybridized carbons (Fsp3) is 0.0714. The molecule has 1 nitrogen and oxygen atoms in total. The summed E-state index contributed by atoms with van der Waals surface area (Å²) in [6.07, 6.45) is -4.47. The van der Waals surface area contributed by atoms with Crippen LogP contribution in [-0.2, 0) is 6.18 Å². The van der Waals surface area contributed by atoms with Crippen molar-refractivity contribution < 1.29 is 18.0 Å². The first kappa shape index (κ1) is 15.3. The zero-order valence-electron chi connectivity index (χ0n) is 9.84. The second-order valence-corrected chi connectivity index (χ2v) is 5.63. The normalized spacial score (nSPS) is 11.4. The van der Waals surface area contributed by atoms with Gasteiger partial charge in [-0.1, -0.05) is 23.7 Å². The van der Waals surface area contributed by atoms with E-state index < -0.39 is 17.5 Å². The molecular formula is C14H7ClF3IO. The Morgan fingerprint density at radius 1 is 1.10 bits per heavy atom. The van der Waals surface area contributed by atoms with Crippen LogP contribution in [0.1, 0.15) is 21.5 Å². The maximum Gasteiger partial charge on any atom is 0.416 e. The number of rotatable bonds is 2. The topological polar surface area (TPSA) is 17.1 Å². The van der Waals surface area contributed by atoms with Crippen LogP contribution in [0.4, 0.5) is 13.2 Å². The van der Waals surface area contributed by atoms with Gasteiger partial charge in [0.2, 0.25) is 0 Å². The largest absolute Gasteiger partial charge is 0.416 e. The van der Waals surface area contributed by atoms with Gasteiger partial charge in [0.1, 0.15) is 0 Å². The first-order valence-electron chi connectivity index (χ1n) is 5.46. The van der Waals surface area contributed by atoms with E-state index in [1.54, 1.807) is 12.1 Å². The Labute approximate surface area is 131 Å². The standard InChI is InChI=1S/C14H7ClF3IO/c15-10-4-5-12(19)11(7-10)13(20)8-2-1-3-9(6-8)14(16,17)18/h1-7H. The maximum atomic E-state index is 12.6. The van der Waals surface area contributed by atoms with E-state index in [1.165, 1.54) is 18.2 Å². The molecule has 0 aromatic heterocycles. The van der Waals surface area contributed by atoms with Gasteiger partial charge in [0.25, 0.3) is 0 Å². The van der Waals surface area contributed by atoms with Gasteiger partial charge in [-0.15, -0.1) is 0 Å². The van der Waals surface area contributed by atoms with Crippen LogP contribution < -0.4 is 0 Å². The van der Waals surface area contributed by atoms with Crippen LogP contribution in [0.15, 0.2) is 42.5 Å². The minimum atomic E-state index is -4.47. The highest BCUT2D eigenvalue weighted by molar-refractivity contribution is 14.1. The molecule has 0 aliphatic rings. The molecule has 0 radical (unpaired) electrons. The Morgan fingerprint density at radius 2 is 1.80 bits per heavy atom. The molecule has 0 aliphatic heterocycles. The quantitative estimate of drug-likeness (QED) is 0.492. The van der Waals surface area contributed by atoms with Crippen LogP contribution in [0.3, 0.4) is 0 Å². The molecule has 2 rings (SSSR count). The zero-order chi connectivity index (χ0) is 14.9. The van der Waals surface area contributed by atoms with Crippen LogP contribution in [0, 0.1) is 3.57 Å². The Balaban J connectivity index is 2.46. The van der Waals surface area contributed by atoms with E-state index in [9.17, 15) is 18.0 Å². The maximum absolute atomic E-state index is 12.6. The Hall–Kier alpha value is -1.08. The van der Waals surface area contributed by atoms with Gasteiger partial charge in [-0.05, 0) is 52.9 Å². The summed E-state index contributed by atoms with van der Waals surface area (Å²) >= 11 is 7.76. The average Bonchev–Trinajstić information content (AvgIpc) is 2.40. The number of halogens is 5. The predicted octanol–water partition coefficient (Wildman–Crippen LogP) is 5.19.